The first-order valence-corrected chi connectivity index (χ1v) is 21.2. The van der Waals surface area contributed by atoms with Gasteiger partial charge < -0.3 is 45.4 Å². The van der Waals surface area contributed by atoms with Gasteiger partial charge in [-0.25, -0.2) is 19.6 Å². The molecule has 4 amide bonds. The van der Waals surface area contributed by atoms with Crippen molar-refractivity contribution in [1.82, 2.24) is 41.1 Å². The standard InChI is InChI=1S/C39H43N7O4.C6H6.C4H7NO3/c1-46-22-8-11-31(46)24-42-37(47)28-15-13-26(14-16-28)32-19-17-29-23-30(18-20-33(29)43-32)34-25-41-35(44-34)12-6-7-21-40-38(48)36(45-39(49)50-2)27-9-4-3-5-10-27;1-2-4-6-5-3-1;1-8-4(7)5-2-3-6/h3-5,9-10,13-20,23,25,31,36H,6-8,11-12,21-22,24H2,1-2H3,(H,40,48)(H,41,44)(H,42,47)(H,45,49);1-6H;3H,2H2,1H3,(H,5,7). The van der Waals surface area contributed by atoms with E-state index >= 15 is 0 Å². The summed E-state index contributed by atoms with van der Waals surface area (Å²) >= 11 is 0. The summed E-state index contributed by atoms with van der Waals surface area (Å²) in [7, 11) is 4.61. The number of fused-ring (bicyclic) bond motifs is 1. The van der Waals surface area contributed by atoms with Crippen LogP contribution >= 0.6 is 0 Å². The number of hydrogen-bond donors (Lipinski definition) is 5. The average molecular weight is 869 g/mol. The molecule has 1 aliphatic rings. The fraction of sp³-hybridized carbons (Fsp3) is 0.286. The molecule has 334 valence electrons. The number of alkyl carbamates (subject to hydrolysis) is 2. The minimum Gasteiger partial charge on any atom is -0.453 e. The number of aldehydes is 1. The Hall–Kier alpha value is -7.39. The molecule has 0 spiro atoms. The van der Waals surface area contributed by atoms with Gasteiger partial charge in [-0.3, -0.25) is 9.59 Å². The molecular formula is C49H56N8O7. The number of methoxy groups -OCH3 is 2. The molecule has 2 aromatic heterocycles. The zero-order valence-electron chi connectivity index (χ0n) is 36.4. The number of carbonyl (C=O) groups is 5. The van der Waals surface area contributed by atoms with Gasteiger partial charge in [0.15, 0.2) is 0 Å². The molecular weight excluding hydrogens is 813 g/mol. The van der Waals surface area contributed by atoms with Gasteiger partial charge in [0.1, 0.15) is 18.2 Å². The maximum atomic E-state index is 12.9. The van der Waals surface area contributed by atoms with E-state index in [1.807, 2.05) is 103 Å². The van der Waals surface area contributed by atoms with Crippen molar-refractivity contribution >= 4 is 41.2 Å². The lowest BCUT2D eigenvalue weighted by molar-refractivity contribution is -0.123. The second-order valence-electron chi connectivity index (χ2n) is 14.8. The number of H-pyrrole nitrogens is 1. The fourth-order valence-electron chi connectivity index (χ4n) is 6.87. The number of amides is 4. The molecule has 4 aromatic carbocycles. The van der Waals surface area contributed by atoms with Gasteiger partial charge in [-0.15, -0.1) is 0 Å². The summed E-state index contributed by atoms with van der Waals surface area (Å²) in [6, 6.07) is 38.5. The molecule has 5 N–H and O–H groups in total. The molecule has 15 nitrogen and oxygen atoms in total. The smallest absolute Gasteiger partial charge is 0.407 e. The Bertz CT molecular complexity index is 2370. The van der Waals surface area contributed by atoms with E-state index in [2.05, 4.69) is 60.1 Å². The number of pyridine rings is 1. The topological polar surface area (TPSA) is 197 Å². The monoisotopic (exact) mass is 868 g/mol. The van der Waals surface area contributed by atoms with Crippen LogP contribution in [0.4, 0.5) is 9.59 Å². The number of unbranched alkanes of at least 4 members (excludes halogenated alkanes) is 1. The Morgan fingerprint density at radius 1 is 0.812 bits per heavy atom. The number of likely N-dealkylation sites (N-methyl/N-ethyl adjacent to an activating group) is 1. The minimum absolute atomic E-state index is 0.00662. The Kier molecular flexibility index (Phi) is 19.0. The average Bonchev–Trinajstić information content (AvgIpc) is 4.00. The van der Waals surface area contributed by atoms with Crippen LogP contribution in [0.5, 0.6) is 0 Å². The maximum Gasteiger partial charge on any atom is 0.407 e. The van der Waals surface area contributed by atoms with Crippen LogP contribution in [-0.2, 0) is 25.5 Å². The number of aryl methyl sites for hydroxylation is 1. The molecule has 2 atom stereocenters. The van der Waals surface area contributed by atoms with Gasteiger partial charge in [0.05, 0.1) is 43.9 Å². The van der Waals surface area contributed by atoms with E-state index in [9.17, 15) is 24.0 Å². The van der Waals surface area contributed by atoms with E-state index in [1.54, 1.807) is 12.1 Å². The van der Waals surface area contributed by atoms with Crippen molar-refractivity contribution < 1.29 is 33.4 Å². The molecule has 0 bridgehead atoms. The number of benzene rings is 4. The van der Waals surface area contributed by atoms with E-state index in [-0.39, 0.29) is 18.4 Å². The summed E-state index contributed by atoms with van der Waals surface area (Å²) in [6.07, 6.45) is 5.77. The molecule has 0 aliphatic carbocycles. The van der Waals surface area contributed by atoms with Crippen LogP contribution in [0.3, 0.4) is 0 Å². The summed E-state index contributed by atoms with van der Waals surface area (Å²) in [5.41, 5.74) is 5.95. The lowest BCUT2D eigenvalue weighted by atomic mass is 10.0. The molecule has 2 unspecified atom stereocenters. The van der Waals surface area contributed by atoms with Crippen LogP contribution in [-0.4, -0.2) is 104 Å². The van der Waals surface area contributed by atoms with E-state index in [1.165, 1.54) is 20.6 Å². The van der Waals surface area contributed by atoms with Gasteiger partial charge in [-0.2, -0.15) is 0 Å². The van der Waals surface area contributed by atoms with Crippen LogP contribution in [0.25, 0.3) is 33.4 Å². The van der Waals surface area contributed by atoms with E-state index < -0.39 is 18.2 Å². The van der Waals surface area contributed by atoms with Crippen molar-refractivity contribution in [3.05, 3.63) is 144 Å². The largest absolute Gasteiger partial charge is 0.453 e. The van der Waals surface area contributed by atoms with Crippen LogP contribution in [0.2, 0.25) is 0 Å². The maximum absolute atomic E-state index is 12.9. The predicted octanol–water partition coefficient (Wildman–Crippen LogP) is 6.88. The second kappa shape index (κ2) is 25.5. The molecule has 6 aromatic rings. The van der Waals surface area contributed by atoms with Crippen molar-refractivity contribution in [3.8, 4) is 22.5 Å². The number of rotatable bonds is 15. The number of imidazole rings is 1. The van der Waals surface area contributed by atoms with Crippen LogP contribution in [0, 0.1) is 0 Å². The SMILES string of the molecule is COC(=O)NC(C(=O)NCCCCc1ncc(-c2ccc3nc(-c4ccc(C(=O)NCC5CCCN5C)cc4)ccc3c2)[nH]1)c1ccccc1.COC(=O)NCC=O.c1ccccc1. The van der Waals surface area contributed by atoms with Crippen LogP contribution in [0.15, 0.2) is 128 Å². The first kappa shape index (κ1) is 47.7. The summed E-state index contributed by atoms with van der Waals surface area (Å²) in [4.78, 5) is 72.2. The van der Waals surface area contributed by atoms with E-state index in [4.69, 9.17) is 9.72 Å². The molecule has 15 heteroatoms. The zero-order valence-corrected chi connectivity index (χ0v) is 36.4. The Balaban J connectivity index is 0.000000471. The molecule has 1 fully saturated rings. The van der Waals surface area contributed by atoms with Gasteiger partial charge in [-0.05, 0) is 75.2 Å². The van der Waals surface area contributed by atoms with Crippen molar-refractivity contribution in [3.63, 3.8) is 0 Å². The molecule has 64 heavy (non-hydrogen) atoms. The van der Waals surface area contributed by atoms with Gasteiger partial charge >= 0.3 is 12.2 Å². The number of aromatic nitrogens is 3. The van der Waals surface area contributed by atoms with Crippen molar-refractivity contribution in [2.24, 2.45) is 0 Å². The van der Waals surface area contributed by atoms with Gasteiger partial charge in [0.2, 0.25) is 5.91 Å². The normalized spacial score (nSPS) is 13.5. The highest BCUT2D eigenvalue weighted by molar-refractivity contribution is 5.95. The number of likely N-dealkylation sites (tertiary alicyclic amines) is 1. The highest BCUT2D eigenvalue weighted by Crippen LogP contribution is 2.26. The summed E-state index contributed by atoms with van der Waals surface area (Å²) in [5.74, 6) is 0.531. The molecule has 7 rings (SSSR count). The minimum atomic E-state index is -0.833. The molecule has 3 heterocycles. The summed E-state index contributed by atoms with van der Waals surface area (Å²) in [6.45, 7) is 2.23. The lowest BCUT2D eigenvalue weighted by Gasteiger charge is -2.19. The van der Waals surface area contributed by atoms with E-state index in [0.29, 0.717) is 36.5 Å². The van der Waals surface area contributed by atoms with Crippen LogP contribution in [0.1, 0.15) is 53.5 Å². The van der Waals surface area contributed by atoms with Gasteiger partial charge in [0.25, 0.3) is 5.91 Å². The first-order chi connectivity index (χ1) is 31.2. The number of nitrogens with one attached hydrogen (secondary N) is 5. The van der Waals surface area contributed by atoms with Crippen molar-refractivity contribution in [2.75, 3.05) is 47.4 Å². The van der Waals surface area contributed by atoms with Crippen molar-refractivity contribution in [2.45, 2.75) is 44.2 Å². The quantitative estimate of drug-likeness (QED) is 0.0536. The Morgan fingerprint density at radius 2 is 1.50 bits per heavy atom. The number of ether oxygens (including phenoxy) is 2. The second-order valence-corrected chi connectivity index (χ2v) is 14.8. The molecule has 0 saturated carbocycles. The zero-order chi connectivity index (χ0) is 45.5. The first-order valence-electron chi connectivity index (χ1n) is 21.2. The fourth-order valence-corrected chi connectivity index (χ4v) is 6.87. The molecule has 0 radical (unpaired) electrons. The highest BCUT2D eigenvalue weighted by Gasteiger charge is 2.23. The van der Waals surface area contributed by atoms with Crippen molar-refractivity contribution in [1.29, 1.82) is 0 Å². The third-order valence-electron chi connectivity index (χ3n) is 10.4. The Labute approximate surface area is 373 Å². The Morgan fingerprint density at radius 3 is 2.16 bits per heavy atom. The summed E-state index contributed by atoms with van der Waals surface area (Å²) < 4.78 is 8.84. The lowest BCUT2D eigenvalue weighted by Crippen LogP contribution is -2.40. The highest BCUT2D eigenvalue weighted by atomic mass is 16.5. The van der Waals surface area contributed by atoms with Gasteiger partial charge in [0, 0.05) is 47.6 Å². The summed E-state index contributed by atoms with van der Waals surface area (Å²) in [5, 5.41) is 11.8. The third kappa shape index (κ3) is 14.9. The number of aromatic amines is 1. The molecule has 1 saturated heterocycles. The number of nitrogens with zero attached hydrogens (tertiary/aromatic N) is 3. The van der Waals surface area contributed by atoms with E-state index in [0.717, 1.165) is 71.5 Å². The third-order valence-corrected chi connectivity index (χ3v) is 10.4. The van der Waals surface area contributed by atoms with Gasteiger partial charge in [-0.1, -0.05) is 91.0 Å². The predicted molar refractivity (Wildman–Crippen MR) is 246 cm³/mol. The number of hydrogen-bond acceptors (Lipinski definition) is 10. The number of carbonyl (C=O) groups excluding carboxylic acids is 5. The molecule has 1 aliphatic heterocycles. The van der Waals surface area contributed by atoms with Crippen LogP contribution < -0.4 is 21.3 Å².